The van der Waals surface area contributed by atoms with Gasteiger partial charge in [-0.1, -0.05) is 25.0 Å². The molecule has 4 aromatic rings. The number of Topliss-reactive ketones (excluding diaryl/α,β-unsaturated/α-hetero) is 1. The van der Waals surface area contributed by atoms with E-state index in [2.05, 4.69) is 49.3 Å². The average molecular weight is 731 g/mol. The van der Waals surface area contributed by atoms with Crippen LogP contribution in [0.25, 0.3) is 11.0 Å². The highest BCUT2D eigenvalue weighted by Gasteiger charge is 2.31. The van der Waals surface area contributed by atoms with Crippen molar-refractivity contribution < 1.29 is 14.4 Å². The summed E-state index contributed by atoms with van der Waals surface area (Å²) in [5, 5.41) is 3.27. The number of amides is 2. The molecule has 0 radical (unpaired) electrons. The van der Waals surface area contributed by atoms with E-state index in [1.165, 1.54) is 6.92 Å². The number of carbonyl (C=O) groups excluding carboxylic acids is 3. The van der Waals surface area contributed by atoms with Crippen LogP contribution < -0.4 is 20.7 Å². The number of rotatable bonds is 9. The quantitative estimate of drug-likeness (QED) is 0.187. The Balaban J connectivity index is 0.842. The van der Waals surface area contributed by atoms with Crippen molar-refractivity contribution in [2.24, 2.45) is 0 Å². The van der Waals surface area contributed by atoms with Gasteiger partial charge in [0.2, 0.25) is 11.8 Å². The predicted molar refractivity (Wildman–Crippen MR) is 208 cm³/mol. The molecule has 54 heavy (non-hydrogen) atoms. The van der Waals surface area contributed by atoms with Crippen molar-refractivity contribution in [3.8, 4) is 0 Å². The number of nitrogens with one attached hydrogen (secondary N) is 1. The second-order valence-corrected chi connectivity index (χ2v) is 15.5. The van der Waals surface area contributed by atoms with Gasteiger partial charge in [0, 0.05) is 87.2 Å². The van der Waals surface area contributed by atoms with Crippen molar-refractivity contribution in [1.82, 2.24) is 29.7 Å². The van der Waals surface area contributed by atoms with Crippen molar-refractivity contribution in [3.05, 3.63) is 87.4 Å². The zero-order valence-corrected chi connectivity index (χ0v) is 31.4. The zero-order valence-electron chi connectivity index (χ0n) is 31.4. The highest BCUT2D eigenvalue weighted by molar-refractivity contribution is 6.01. The van der Waals surface area contributed by atoms with Crippen LogP contribution in [-0.4, -0.2) is 87.3 Å². The van der Waals surface area contributed by atoms with Gasteiger partial charge in [-0.05, 0) is 87.8 Å². The lowest BCUT2D eigenvalue weighted by Gasteiger charge is -2.44. The minimum Gasteiger partial charge on any atom is -0.370 e. The number of anilines is 2. The number of nitrogens with zero attached hydrogens (tertiary/aromatic N) is 7. The molecule has 12 nitrogen and oxygen atoms in total. The van der Waals surface area contributed by atoms with E-state index in [9.17, 15) is 19.2 Å². The Labute approximate surface area is 316 Å². The van der Waals surface area contributed by atoms with Crippen LogP contribution in [0.1, 0.15) is 103 Å². The van der Waals surface area contributed by atoms with Crippen LogP contribution in [0.4, 0.5) is 11.4 Å². The molecule has 6 heterocycles. The summed E-state index contributed by atoms with van der Waals surface area (Å²) in [4.78, 5) is 72.0. The molecule has 4 fully saturated rings. The lowest BCUT2D eigenvalue weighted by Crippen LogP contribution is -2.53. The molecule has 1 saturated carbocycles. The standard InChI is InChI=1S/C42H50N8O4/c1-27-36-26-44-37(45-40(36)50(32-7-3-4-8-32)42(54)39(27)28(2)51)14-11-30-10-12-34(25-43-30)47-18-16-31(17-19-47)48-20-22-49(23-21-48)33-9-5-6-29(24-33)35-13-15-38(52)46-41(35)53/h5-6,9-10,12,24-26,31-32,35H,3-4,7-8,11,13-23H2,1-2H3,(H,46,52,53). The monoisotopic (exact) mass is 730 g/mol. The molecule has 1 unspecified atom stereocenters. The number of pyridine rings is 2. The third-order valence-corrected chi connectivity index (χ3v) is 12.3. The first-order chi connectivity index (χ1) is 26.2. The van der Waals surface area contributed by atoms with E-state index < -0.39 is 0 Å². The number of imide groups is 1. The number of piperazine rings is 1. The third kappa shape index (κ3) is 7.28. The minimum atomic E-state index is -0.260. The Kier molecular flexibility index (Phi) is 10.3. The van der Waals surface area contributed by atoms with E-state index in [0.717, 1.165) is 106 Å². The zero-order chi connectivity index (χ0) is 37.3. The Morgan fingerprint density at radius 2 is 1.57 bits per heavy atom. The van der Waals surface area contributed by atoms with Gasteiger partial charge in [0.05, 0.1) is 23.4 Å². The fraction of sp³-hybridized carbons (Fsp3) is 0.500. The maximum atomic E-state index is 13.6. The van der Waals surface area contributed by atoms with Crippen molar-refractivity contribution in [2.45, 2.75) is 96.1 Å². The molecule has 1 atom stereocenters. The summed E-state index contributed by atoms with van der Waals surface area (Å²) in [5.74, 6) is -0.158. The van der Waals surface area contributed by atoms with E-state index in [4.69, 9.17) is 9.97 Å². The third-order valence-electron chi connectivity index (χ3n) is 12.3. The number of aryl methyl sites for hydroxylation is 3. The van der Waals surface area contributed by atoms with Gasteiger partial charge in [0.25, 0.3) is 5.56 Å². The Morgan fingerprint density at radius 1 is 0.815 bits per heavy atom. The number of aromatic nitrogens is 4. The summed E-state index contributed by atoms with van der Waals surface area (Å²) in [6.07, 6.45) is 12.3. The van der Waals surface area contributed by atoms with Crippen LogP contribution >= 0.6 is 0 Å². The Bertz CT molecular complexity index is 2110. The summed E-state index contributed by atoms with van der Waals surface area (Å²) in [6.45, 7) is 9.23. The van der Waals surface area contributed by atoms with Gasteiger partial charge in [-0.25, -0.2) is 9.97 Å². The number of carbonyl (C=O) groups is 3. The molecule has 3 aromatic heterocycles. The molecule has 282 valence electrons. The normalized spacial score (nSPS) is 20.5. The van der Waals surface area contributed by atoms with Crippen LogP contribution in [0.2, 0.25) is 0 Å². The fourth-order valence-corrected chi connectivity index (χ4v) is 9.18. The van der Waals surface area contributed by atoms with Crippen molar-refractivity contribution in [3.63, 3.8) is 0 Å². The van der Waals surface area contributed by atoms with E-state index >= 15 is 0 Å². The topological polar surface area (TPSA) is 134 Å². The van der Waals surface area contributed by atoms with Gasteiger partial charge in [0.15, 0.2) is 5.78 Å². The van der Waals surface area contributed by atoms with Gasteiger partial charge in [0.1, 0.15) is 11.5 Å². The molecule has 3 saturated heterocycles. The van der Waals surface area contributed by atoms with Crippen LogP contribution in [-0.2, 0) is 22.4 Å². The lowest BCUT2D eigenvalue weighted by atomic mass is 9.90. The molecule has 1 aliphatic carbocycles. The second kappa shape index (κ2) is 15.4. The summed E-state index contributed by atoms with van der Waals surface area (Å²) >= 11 is 0. The molecule has 0 bridgehead atoms. The number of hydrogen-bond acceptors (Lipinski definition) is 10. The van der Waals surface area contributed by atoms with Gasteiger partial charge in [-0.3, -0.25) is 38.9 Å². The first kappa shape index (κ1) is 36.0. The molecule has 2 amide bonds. The first-order valence-corrected chi connectivity index (χ1v) is 19.8. The van der Waals surface area contributed by atoms with Crippen LogP contribution in [0.15, 0.2) is 53.6 Å². The van der Waals surface area contributed by atoms with Crippen molar-refractivity contribution >= 4 is 40.0 Å². The summed E-state index contributed by atoms with van der Waals surface area (Å²) in [7, 11) is 0. The number of benzene rings is 1. The lowest BCUT2D eigenvalue weighted by molar-refractivity contribution is -0.134. The van der Waals surface area contributed by atoms with Gasteiger partial charge in [-0.2, -0.15) is 0 Å². The highest BCUT2D eigenvalue weighted by atomic mass is 16.2. The van der Waals surface area contributed by atoms with Crippen LogP contribution in [0.3, 0.4) is 0 Å². The maximum Gasteiger partial charge on any atom is 0.263 e. The molecule has 4 aliphatic rings. The Hall–Kier alpha value is -4.97. The molecular weight excluding hydrogens is 681 g/mol. The number of piperidine rings is 2. The molecule has 3 aliphatic heterocycles. The molecule has 1 N–H and O–H groups in total. The predicted octanol–water partition coefficient (Wildman–Crippen LogP) is 4.91. The van der Waals surface area contributed by atoms with Gasteiger partial charge in [-0.15, -0.1) is 0 Å². The van der Waals surface area contributed by atoms with E-state index in [1.54, 1.807) is 10.8 Å². The molecule has 8 rings (SSSR count). The van der Waals surface area contributed by atoms with Crippen molar-refractivity contribution in [2.75, 3.05) is 49.1 Å². The molecule has 1 aromatic carbocycles. The van der Waals surface area contributed by atoms with E-state index in [1.807, 2.05) is 25.3 Å². The average Bonchev–Trinajstić information content (AvgIpc) is 3.72. The summed E-state index contributed by atoms with van der Waals surface area (Å²) in [5.41, 5.74) is 5.61. The number of ketones is 1. The smallest absolute Gasteiger partial charge is 0.263 e. The molecular formula is C42H50N8O4. The van der Waals surface area contributed by atoms with E-state index in [-0.39, 0.29) is 40.7 Å². The first-order valence-electron chi connectivity index (χ1n) is 19.8. The highest BCUT2D eigenvalue weighted by Crippen LogP contribution is 2.32. The second-order valence-electron chi connectivity index (χ2n) is 15.5. The molecule has 12 heteroatoms. The van der Waals surface area contributed by atoms with Gasteiger partial charge < -0.3 is 9.80 Å². The largest absolute Gasteiger partial charge is 0.370 e. The number of hydrogen-bond donors (Lipinski definition) is 1. The van der Waals surface area contributed by atoms with Gasteiger partial charge >= 0.3 is 0 Å². The maximum absolute atomic E-state index is 13.6. The van der Waals surface area contributed by atoms with E-state index in [0.29, 0.717) is 48.8 Å². The van der Waals surface area contributed by atoms with Crippen LogP contribution in [0, 0.1) is 6.92 Å². The summed E-state index contributed by atoms with van der Waals surface area (Å²) < 4.78 is 1.78. The van der Waals surface area contributed by atoms with Crippen LogP contribution in [0.5, 0.6) is 0 Å². The summed E-state index contributed by atoms with van der Waals surface area (Å²) in [6, 6.07) is 13.2. The Morgan fingerprint density at radius 3 is 2.28 bits per heavy atom. The SMILES string of the molecule is CC(=O)c1c(C)c2cnc(CCc3ccc(N4CCC(N5CCN(c6cccc(C7CCC(=O)NC7=O)c6)CC5)CC4)cn3)nc2n(C2CCCC2)c1=O. The molecule has 0 spiro atoms. The van der Waals surface area contributed by atoms with Crippen molar-refractivity contribution in [1.29, 1.82) is 0 Å². The number of fused-ring (bicyclic) bond motifs is 1. The minimum absolute atomic E-state index is 0.0642. The fourth-order valence-electron chi connectivity index (χ4n) is 9.18.